The number of nitrogens with one attached hydrogen (secondary N) is 1. The van der Waals surface area contributed by atoms with Gasteiger partial charge in [0.15, 0.2) is 0 Å². The second-order valence-electron chi connectivity index (χ2n) is 4.94. The van der Waals surface area contributed by atoms with Crippen LogP contribution in [0.4, 0.5) is 5.69 Å². The quantitative estimate of drug-likeness (QED) is 0.840. The topological polar surface area (TPSA) is 28.2 Å². The lowest BCUT2D eigenvalue weighted by Crippen LogP contribution is -2.37. The molecule has 0 spiro atoms. The van der Waals surface area contributed by atoms with Gasteiger partial charge in [-0.05, 0) is 58.0 Å². The van der Waals surface area contributed by atoms with Crippen molar-refractivity contribution in [3.63, 3.8) is 0 Å². The molecule has 1 unspecified atom stereocenters. The van der Waals surface area contributed by atoms with Gasteiger partial charge in [-0.3, -0.25) is 0 Å². The number of halogens is 1. The molecule has 3 nitrogen and oxygen atoms in total. The van der Waals surface area contributed by atoms with Crippen LogP contribution in [0.15, 0.2) is 18.3 Å². The third-order valence-corrected chi connectivity index (χ3v) is 3.80. The molecule has 1 fully saturated rings. The van der Waals surface area contributed by atoms with E-state index in [2.05, 4.69) is 29.2 Å². The normalized spacial score (nSPS) is 20.2. The van der Waals surface area contributed by atoms with Gasteiger partial charge in [-0.2, -0.15) is 0 Å². The molecule has 17 heavy (non-hydrogen) atoms. The number of likely N-dealkylation sites (tertiary alicyclic amines) is 1. The molecule has 0 aliphatic carbocycles. The van der Waals surface area contributed by atoms with Crippen LogP contribution in [0.2, 0.25) is 5.15 Å². The van der Waals surface area contributed by atoms with Crippen LogP contribution in [0.1, 0.15) is 19.8 Å². The lowest BCUT2D eigenvalue weighted by molar-refractivity contribution is 0.208. The molecule has 4 heteroatoms. The maximum absolute atomic E-state index is 5.88. The largest absolute Gasteiger partial charge is 0.382 e. The number of nitrogens with zero attached hydrogens (tertiary/aromatic N) is 2. The Labute approximate surface area is 108 Å². The van der Waals surface area contributed by atoms with E-state index < -0.39 is 0 Å². The van der Waals surface area contributed by atoms with E-state index >= 15 is 0 Å². The fourth-order valence-electron chi connectivity index (χ4n) is 2.40. The van der Waals surface area contributed by atoms with Crippen molar-refractivity contribution < 1.29 is 0 Å². The molecule has 0 radical (unpaired) electrons. The molecule has 1 saturated heterocycles. The predicted molar refractivity (Wildman–Crippen MR) is 72.6 cm³/mol. The van der Waals surface area contributed by atoms with Crippen molar-refractivity contribution in [3.05, 3.63) is 23.5 Å². The maximum Gasteiger partial charge on any atom is 0.131 e. The van der Waals surface area contributed by atoms with E-state index in [1.54, 1.807) is 6.20 Å². The van der Waals surface area contributed by atoms with Crippen molar-refractivity contribution in [2.75, 3.05) is 25.5 Å². The van der Waals surface area contributed by atoms with E-state index in [4.69, 9.17) is 11.6 Å². The van der Waals surface area contributed by atoms with Crippen LogP contribution in [-0.4, -0.2) is 36.1 Å². The zero-order valence-electron chi connectivity index (χ0n) is 10.5. The molecule has 0 amide bonds. The first-order chi connectivity index (χ1) is 8.15. The Kier molecular flexibility index (Phi) is 4.24. The third kappa shape index (κ3) is 3.58. The van der Waals surface area contributed by atoms with Gasteiger partial charge >= 0.3 is 0 Å². The van der Waals surface area contributed by atoms with Crippen molar-refractivity contribution in [2.24, 2.45) is 5.92 Å². The molecule has 2 heterocycles. The van der Waals surface area contributed by atoms with Crippen LogP contribution in [0.25, 0.3) is 0 Å². The van der Waals surface area contributed by atoms with Crippen molar-refractivity contribution in [2.45, 2.75) is 25.8 Å². The molecule has 0 saturated carbocycles. The molecular weight excluding hydrogens is 234 g/mol. The summed E-state index contributed by atoms with van der Waals surface area (Å²) in [6.45, 7) is 4.66. The molecule has 94 valence electrons. The lowest BCUT2D eigenvalue weighted by Gasteiger charge is -2.33. The first kappa shape index (κ1) is 12.7. The average molecular weight is 254 g/mol. The van der Waals surface area contributed by atoms with Gasteiger partial charge in [-0.25, -0.2) is 4.98 Å². The van der Waals surface area contributed by atoms with Crippen LogP contribution in [0.5, 0.6) is 0 Å². The summed E-state index contributed by atoms with van der Waals surface area (Å²) in [5.74, 6) is 0.748. The zero-order valence-corrected chi connectivity index (χ0v) is 11.2. The summed E-state index contributed by atoms with van der Waals surface area (Å²) in [7, 11) is 2.19. The number of pyridine rings is 1. The molecule has 1 N–H and O–H groups in total. The Balaban J connectivity index is 1.90. The molecule has 2 rings (SSSR count). The highest BCUT2D eigenvalue weighted by Crippen LogP contribution is 2.23. The second-order valence-corrected chi connectivity index (χ2v) is 5.33. The van der Waals surface area contributed by atoms with Crippen molar-refractivity contribution in [1.29, 1.82) is 0 Å². The Morgan fingerprint density at radius 1 is 1.47 bits per heavy atom. The van der Waals surface area contributed by atoms with Crippen LogP contribution in [0.3, 0.4) is 0 Å². The minimum Gasteiger partial charge on any atom is -0.382 e. The number of anilines is 1. The summed E-state index contributed by atoms with van der Waals surface area (Å²) in [5, 5.41) is 4.07. The summed E-state index contributed by atoms with van der Waals surface area (Å²) in [4.78, 5) is 6.38. The van der Waals surface area contributed by atoms with E-state index in [0.717, 1.165) is 11.6 Å². The van der Waals surface area contributed by atoms with Gasteiger partial charge in [0.25, 0.3) is 0 Å². The smallest absolute Gasteiger partial charge is 0.131 e. The zero-order chi connectivity index (χ0) is 12.3. The average Bonchev–Trinajstić information content (AvgIpc) is 2.29. The van der Waals surface area contributed by atoms with Crippen LogP contribution >= 0.6 is 11.6 Å². The van der Waals surface area contributed by atoms with E-state index in [9.17, 15) is 0 Å². The van der Waals surface area contributed by atoms with Crippen molar-refractivity contribution in [1.82, 2.24) is 9.88 Å². The number of aromatic nitrogens is 1. The molecule has 1 atom stereocenters. The monoisotopic (exact) mass is 253 g/mol. The lowest BCUT2D eigenvalue weighted by atomic mass is 9.90. The first-order valence-corrected chi connectivity index (χ1v) is 6.59. The SMILES string of the molecule is CC(Nc1ccnc(Cl)c1)C1CCN(C)CC1. The Hall–Kier alpha value is -0.800. The van der Waals surface area contributed by atoms with E-state index in [-0.39, 0.29) is 0 Å². The van der Waals surface area contributed by atoms with Crippen LogP contribution in [0, 0.1) is 5.92 Å². The number of rotatable bonds is 3. The molecule has 1 aliphatic rings. The Morgan fingerprint density at radius 2 is 2.18 bits per heavy atom. The van der Waals surface area contributed by atoms with E-state index in [0.29, 0.717) is 11.2 Å². The number of hydrogen-bond donors (Lipinski definition) is 1. The summed E-state index contributed by atoms with van der Waals surface area (Å²) in [6.07, 6.45) is 4.28. The maximum atomic E-state index is 5.88. The van der Waals surface area contributed by atoms with Crippen molar-refractivity contribution >= 4 is 17.3 Å². The highest BCUT2D eigenvalue weighted by atomic mass is 35.5. The minimum absolute atomic E-state index is 0.488. The predicted octanol–water partition coefficient (Wildman–Crippen LogP) is 2.88. The van der Waals surface area contributed by atoms with E-state index in [1.807, 2.05) is 12.1 Å². The van der Waals surface area contributed by atoms with Crippen LogP contribution in [-0.2, 0) is 0 Å². The Bertz CT molecular complexity index is 361. The Morgan fingerprint density at radius 3 is 2.82 bits per heavy atom. The standard InChI is InChI=1S/C13H20ClN3/c1-10(11-4-7-17(2)8-5-11)16-12-3-6-15-13(14)9-12/h3,6,9-11H,4-5,7-8H2,1-2H3,(H,15,16). The molecule has 1 aromatic heterocycles. The number of hydrogen-bond acceptors (Lipinski definition) is 3. The highest BCUT2D eigenvalue weighted by Gasteiger charge is 2.22. The molecule has 1 aromatic rings. The summed E-state index contributed by atoms with van der Waals surface area (Å²) in [6, 6.07) is 4.34. The van der Waals surface area contributed by atoms with Gasteiger partial charge in [-0.15, -0.1) is 0 Å². The van der Waals surface area contributed by atoms with E-state index in [1.165, 1.54) is 25.9 Å². The van der Waals surface area contributed by atoms with Gasteiger partial charge in [0.05, 0.1) is 0 Å². The van der Waals surface area contributed by atoms with Gasteiger partial charge in [-0.1, -0.05) is 11.6 Å². The molecule has 0 bridgehead atoms. The second kappa shape index (κ2) is 5.69. The fourth-order valence-corrected chi connectivity index (χ4v) is 2.58. The van der Waals surface area contributed by atoms with Gasteiger partial charge in [0.2, 0.25) is 0 Å². The van der Waals surface area contributed by atoms with Crippen molar-refractivity contribution in [3.8, 4) is 0 Å². The summed E-state index contributed by atoms with van der Waals surface area (Å²) < 4.78 is 0. The minimum atomic E-state index is 0.488. The molecular formula is C13H20ClN3. The first-order valence-electron chi connectivity index (χ1n) is 6.22. The summed E-state index contributed by atoms with van der Waals surface area (Å²) in [5.41, 5.74) is 1.07. The molecule has 0 aromatic carbocycles. The van der Waals surface area contributed by atoms with Gasteiger partial charge < -0.3 is 10.2 Å². The fraction of sp³-hybridized carbons (Fsp3) is 0.615. The van der Waals surface area contributed by atoms with Gasteiger partial charge in [0, 0.05) is 17.9 Å². The van der Waals surface area contributed by atoms with Crippen LogP contribution < -0.4 is 5.32 Å². The molecule has 1 aliphatic heterocycles. The summed E-state index contributed by atoms with van der Waals surface area (Å²) >= 11 is 5.88. The highest BCUT2D eigenvalue weighted by molar-refractivity contribution is 6.29. The third-order valence-electron chi connectivity index (χ3n) is 3.59. The number of piperidine rings is 1. The van der Waals surface area contributed by atoms with Gasteiger partial charge in [0.1, 0.15) is 5.15 Å².